The third-order valence-corrected chi connectivity index (χ3v) is 4.88. The summed E-state index contributed by atoms with van der Waals surface area (Å²) in [5.74, 6) is -0.224. The predicted molar refractivity (Wildman–Crippen MR) is 106 cm³/mol. The van der Waals surface area contributed by atoms with Crippen molar-refractivity contribution >= 4 is 12.1 Å². The van der Waals surface area contributed by atoms with E-state index in [0.29, 0.717) is 44.4 Å². The fourth-order valence-electron chi connectivity index (χ4n) is 3.62. The van der Waals surface area contributed by atoms with Crippen LogP contribution in [-0.2, 0) is 20.7 Å². The minimum absolute atomic E-state index is 0.181. The van der Waals surface area contributed by atoms with Crippen molar-refractivity contribution in [3.63, 3.8) is 0 Å². The second-order valence-corrected chi connectivity index (χ2v) is 8.05. The molecule has 0 saturated carbocycles. The zero-order chi connectivity index (χ0) is 20.9. The Labute approximate surface area is 167 Å². The van der Waals surface area contributed by atoms with Gasteiger partial charge in [0.15, 0.2) is 0 Å². The van der Waals surface area contributed by atoms with Gasteiger partial charge in [-0.15, -0.1) is 0 Å². The van der Waals surface area contributed by atoms with Gasteiger partial charge in [-0.1, -0.05) is 6.07 Å². The van der Waals surface area contributed by atoms with Crippen LogP contribution in [0.15, 0.2) is 12.1 Å². The molecule has 0 spiro atoms. The second-order valence-electron chi connectivity index (χ2n) is 8.05. The van der Waals surface area contributed by atoms with Crippen LogP contribution in [0.3, 0.4) is 0 Å². The van der Waals surface area contributed by atoms with E-state index in [4.69, 9.17) is 9.47 Å². The van der Waals surface area contributed by atoms with Crippen molar-refractivity contribution in [2.45, 2.75) is 71.9 Å². The van der Waals surface area contributed by atoms with Gasteiger partial charge in [0.1, 0.15) is 5.60 Å². The molecular weight excluding hydrogens is 356 g/mol. The Morgan fingerprint density at radius 2 is 2.04 bits per heavy atom. The van der Waals surface area contributed by atoms with Gasteiger partial charge < -0.3 is 14.4 Å². The molecule has 1 aliphatic heterocycles. The van der Waals surface area contributed by atoms with E-state index in [0.717, 1.165) is 16.7 Å². The summed E-state index contributed by atoms with van der Waals surface area (Å²) in [6.07, 6.45) is 1.90. The van der Waals surface area contributed by atoms with E-state index in [1.54, 1.807) is 11.8 Å². The van der Waals surface area contributed by atoms with Gasteiger partial charge in [-0.2, -0.15) is 5.26 Å². The first-order valence-electron chi connectivity index (χ1n) is 9.85. The summed E-state index contributed by atoms with van der Waals surface area (Å²) >= 11 is 0. The van der Waals surface area contributed by atoms with E-state index in [1.807, 2.05) is 39.8 Å². The molecule has 0 aliphatic carbocycles. The number of rotatable bonds is 5. The first-order valence-corrected chi connectivity index (χ1v) is 9.85. The zero-order valence-corrected chi connectivity index (χ0v) is 17.5. The molecule has 1 unspecified atom stereocenters. The summed E-state index contributed by atoms with van der Waals surface area (Å²) in [5, 5.41) is 9.32. The molecule has 0 fully saturated rings. The van der Waals surface area contributed by atoms with Crippen LogP contribution >= 0.6 is 0 Å². The third-order valence-electron chi connectivity index (χ3n) is 4.88. The third kappa shape index (κ3) is 5.25. The van der Waals surface area contributed by atoms with Crippen LogP contribution in [0.2, 0.25) is 0 Å². The molecular formula is C22H30N2O4. The minimum atomic E-state index is -0.576. The minimum Gasteiger partial charge on any atom is -0.466 e. The number of benzene rings is 1. The Balaban J connectivity index is 2.28. The highest BCUT2D eigenvalue weighted by atomic mass is 16.6. The van der Waals surface area contributed by atoms with Crippen molar-refractivity contribution < 1.29 is 19.1 Å². The highest BCUT2D eigenvalue weighted by Gasteiger charge is 2.34. The van der Waals surface area contributed by atoms with Crippen LogP contribution in [0.25, 0.3) is 0 Å². The van der Waals surface area contributed by atoms with E-state index in [2.05, 4.69) is 6.07 Å². The topological polar surface area (TPSA) is 79.6 Å². The molecule has 152 valence electrons. The molecule has 6 nitrogen and oxygen atoms in total. The lowest BCUT2D eigenvalue weighted by atomic mass is 9.85. The van der Waals surface area contributed by atoms with E-state index in [9.17, 15) is 14.9 Å². The standard InChI is InChI=1S/C22H30N2O4/c1-6-27-20(25)9-7-8-19-18-11-10-16(14-23)15(2)17(18)12-13-24(19)21(26)28-22(3,4)5/h10-11,19H,6-9,12-13H2,1-5H3. The van der Waals surface area contributed by atoms with Gasteiger partial charge in [-0.05, 0) is 76.6 Å². The maximum atomic E-state index is 12.8. The lowest BCUT2D eigenvalue weighted by molar-refractivity contribution is -0.143. The molecule has 6 heteroatoms. The lowest BCUT2D eigenvalue weighted by Crippen LogP contribution is -2.43. The molecule has 28 heavy (non-hydrogen) atoms. The van der Waals surface area contributed by atoms with Crippen molar-refractivity contribution in [2.24, 2.45) is 0 Å². The van der Waals surface area contributed by atoms with Crippen molar-refractivity contribution in [2.75, 3.05) is 13.2 Å². The Kier molecular flexibility index (Phi) is 7.06. The van der Waals surface area contributed by atoms with E-state index >= 15 is 0 Å². The highest BCUT2D eigenvalue weighted by molar-refractivity contribution is 5.70. The monoisotopic (exact) mass is 386 g/mol. The SMILES string of the molecule is CCOC(=O)CCCC1c2ccc(C#N)c(C)c2CCN1C(=O)OC(C)(C)C. The van der Waals surface area contributed by atoms with Gasteiger partial charge in [0.05, 0.1) is 24.3 Å². The summed E-state index contributed by atoms with van der Waals surface area (Å²) in [5.41, 5.74) is 3.22. The molecule has 1 amide bonds. The molecule has 1 heterocycles. The summed E-state index contributed by atoms with van der Waals surface area (Å²) in [6, 6.07) is 5.80. The molecule has 1 aromatic rings. The number of hydrogen-bond donors (Lipinski definition) is 0. The summed E-state index contributed by atoms with van der Waals surface area (Å²) in [6.45, 7) is 10.2. The maximum absolute atomic E-state index is 12.8. The van der Waals surface area contributed by atoms with Crippen LogP contribution in [-0.4, -0.2) is 35.7 Å². The molecule has 2 rings (SSSR count). The quantitative estimate of drug-likeness (QED) is 0.699. The van der Waals surface area contributed by atoms with Gasteiger partial charge in [-0.25, -0.2) is 4.79 Å². The van der Waals surface area contributed by atoms with Gasteiger partial charge in [0.25, 0.3) is 0 Å². The molecule has 1 aromatic carbocycles. The van der Waals surface area contributed by atoms with E-state index in [1.165, 1.54) is 0 Å². The van der Waals surface area contributed by atoms with Crippen LogP contribution in [0.5, 0.6) is 0 Å². The number of carbonyl (C=O) groups is 2. The average molecular weight is 386 g/mol. The number of nitriles is 1. The average Bonchev–Trinajstić information content (AvgIpc) is 2.61. The normalized spacial score (nSPS) is 16.1. The number of hydrogen-bond acceptors (Lipinski definition) is 5. The Morgan fingerprint density at radius 1 is 1.32 bits per heavy atom. The van der Waals surface area contributed by atoms with E-state index in [-0.39, 0.29) is 18.1 Å². The van der Waals surface area contributed by atoms with Crippen molar-refractivity contribution in [1.82, 2.24) is 4.90 Å². The second kappa shape index (κ2) is 9.09. The summed E-state index contributed by atoms with van der Waals surface area (Å²) in [4.78, 5) is 26.3. The number of carbonyl (C=O) groups excluding carboxylic acids is 2. The van der Waals surface area contributed by atoms with Gasteiger partial charge in [0.2, 0.25) is 0 Å². The number of nitrogens with zero attached hydrogens (tertiary/aromatic N) is 2. The lowest BCUT2D eigenvalue weighted by Gasteiger charge is -2.39. The van der Waals surface area contributed by atoms with Gasteiger partial charge in [-0.3, -0.25) is 4.79 Å². The van der Waals surface area contributed by atoms with Crippen molar-refractivity contribution in [1.29, 1.82) is 5.26 Å². The predicted octanol–water partition coefficient (Wildman–Crippen LogP) is 4.43. The number of ether oxygens (including phenoxy) is 2. The number of fused-ring (bicyclic) bond motifs is 1. The smallest absolute Gasteiger partial charge is 0.410 e. The van der Waals surface area contributed by atoms with Crippen LogP contribution in [0, 0.1) is 18.3 Å². The highest BCUT2D eigenvalue weighted by Crippen LogP contribution is 2.37. The van der Waals surface area contributed by atoms with Crippen molar-refractivity contribution in [3.8, 4) is 6.07 Å². The van der Waals surface area contributed by atoms with Gasteiger partial charge >= 0.3 is 12.1 Å². The Hall–Kier alpha value is -2.55. The first kappa shape index (κ1) is 21.7. The largest absolute Gasteiger partial charge is 0.466 e. The molecule has 1 aliphatic rings. The zero-order valence-electron chi connectivity index (χ0n) is 17.5. The fraction of sp³-hybridized carbons (Fsp3) is 0.591. The van der Waals surface area contributed by atoms with Crippen LogP contribution in [0.1, 0.15) is 75.3 Å². The maximum Gasteiger partial charge on any atom is 0.410 e. The van der Waals surface area contributed by atoms with Gasteiger partial charge in [0, 0.05) is 13.0 Å². The Morgan fingerprint density at radius 3 is 2.64 bits per heavy atom. The van der Waals surface area contributed by atoms with Crippen LogP contribution < -0.4 is 0 Å². The molecule has 0 aromatic heterocycles. The molecule has 0 N–H and O–H groups in total. The number of esters is 1. The summed E-state index contributed by atoms with van der Waals surface area (Å²) < 4.78 is 10.6. The Bertz CT molecular complexity index is 774. The molecule has 0 bridgehead atoms. The first-order chi connectivity index (χ1) is 13.2. The fourth-order valence-corrected chi connectivity index (χ4v) is 3.62. The van der Waals surface area contributed by atoms with Crippen molar-refractivity contribution in [3.05, 3.63) is 34.4 Å². The summed E-state index contributed by atoms with van der Waals surface area (Å²) in [7, 11) is 0. The molecule has 0 radical (unpaired) electrons. The molecule has 0 saturated heterocycles. The molecule has 1 atom stereocenters. The van der Waals surface area contributed by atoms with Crippen LogP contribution in [0.4, 0.5) is 4.79 Å². The number of amides is 1. The van der Waals surface area contributed by atoms with E-state index < -0.39 is 5.60 Å².